The molecule has 106 valence electrons. The number of nitrogens with one attached hydrogen (secondary N) is 1. The van der Waals surface area contributed by atoms with Gasteiger partial charge in [-0.05, 0) is 25.0 Å². The van der Waals surface area contributed by atoms with Crippen molar-refractivity contribution in [3.63, 3.8) is 0 Å². The van der Waals surface area contributed by atoms with Gasteiger partial charge in [0.25, 0.3) is 0 Å². The molecule has 6 heteroatoms. The second-order valence-electron chi connectivity index (χ2n) is 4.41. The first-order valence-electron chi connectivity index (χ1n) is 6.04. The van der Waals surface area contributed by atoms with E-state index in [4.69, 9.17) is 9.47 Å². The first-order chi connectivity index (χ1) is 9.12. The minimum Gasteiger partial charge on any atom is -0.493 e. The van der Waals surface area contributed by atoms with E-state index in [1.54, 1.807) is 19.2 Å². The number of rotatable bonds is 6. The molecule has 1 aromatic rings. The van der Waals surface area contributed by atoms with E-state index in [-0.39, 0.29) is 17.6 Å². The molecule has 0 aliphatic heterocycles. The molecule has 1 N–H and O–H groups in total. The predicted octanol–water partition coefficient (Wildman–Crippen LogP) is 2.89. The molecule has 19 heavy (non-hydrogen) atoms. The van der Waals surface area contributed by atoms with Crippen LogP contribution in [0.1, 0.15) is 12.8 Å². The molecular weight excluding hydrogens is 256 g/mol. The monoisotopic (exact) mass is 273 g/mol. The molecule has 0 bridgehead atoms. The lowest BCUT2D eigenvalue weighted by atomic mass is 9.89. The summed E-state index contributed by atoms with van der Waals surface area (Å²) in [6.45, 7) is -2.87. The van der Waals surface area contributed by atoms with Gasteiger partial charge in [-0.25, -0.2) is 0 Å². The van der Waals surface area contributed by atoms with Gasteiger partial charge in [-0.3, -0.25) is 0 Å². The Balaban J connectivity index is 2.01. The Morgan fingerprint density at radius 3 is 2.53 bits per heavy atom. The van der Waals surface area contributed by atoms with Gasteiger partial charge in [-0.15, -0.1) is 0 Å². The van der Waals surface area contributed by atoms with Crippen LogP contribution in [-0.4, -0.2) is 33.0 Å². The molecule has 1 fully saturated rings. The molecule has 1 aliphatic rings. The molecule has 0 amide bonds. The third-order valence-corrected chi connectivity index (χ3v) is 3.18. The molecule has 0 atom stereocenters. The van der Waals surface area contributed by atoms with Gasteiger partial charge < -0.3 is 19.5 Å². The molecule has 0 heterocycles. The van der Waals surface area contributed by atoms with Crippen LogP contribution in [-0.2, 0) is 4.74 Å². The summed E-state index contributed by atoms with van der Waals surface area (Å²) >= 11 is 0. The van der Waals surface area contributed by atoms with Gasteiger partial charge in [0, 0.05) is 24.9 Å². The number of hydrogen-bond donors (Lipinski definition) is 1. The molecule has 1 aliphatic carbocycles. The average molecular weight is 273 g/mol. The lowest BCUT2D eigenvalue weighted by Crippen LogP contribution is -2.40. The highest BCUT2D eigenvalue weighted by Gasteiger charge is 2.28. The van der Waals surface area contributed by atoms with Crippen molar-refractivity contribution < 1.29 is 23.0 Å². The number of benzene rings is 1. The lowest BCUT2D eigenvalue weighted by molar-refractivity contribution is -0.0511. The third kappa shape index (κ3) is 3.47. The highest BCUT2D eigenvalue weighted by Crippen LogP contribution is 2.33. The van der Waals surface area contributed by atoms with Gasteiger partial charge in [-0.1, -0.05) is 0 Å². The minimum atomic E-state index is -2.87. The maximum Gasteiger partial charge on any atom is 0.387 e. The van der Waals surface area contributed by atoms with E-state index in [0.29, 0.717) is 6.04 Å². The highest BCUT2D eigenvalue weighted by molar-refractivity contribution is 5.55. The Kier molecular flexibility index (Phi) is 4.42. The van der Waals surface area contributed by atoms with Gasteiger partial charge >= 0.3 is 6.61 Å². The molecule has 0 aromatic heterocycles. The van der Waals surface area contributed by atoms with Crippen molar-refractivity contribution in [2.24, 2.45) is 0 Å². The van der Waals surface area contributed by atoms with Crippen molar-refractivity contribution in [3.05, 3.63) is 18.2 Å². The molecule has 4 nitrogen and oxygen atoms in total. The molecule has 0 unspecified atom stereocenters. The van der Waals surface area contributed by atoms with Gasteiger partial charge in [0.05, 0.1) is 13.2 Å². The van der Waals surface area contributed by atoms with Gasteiger partial charge in [-0.2, -0.15) is 8.78 Å². The van der Waals surface area contributed by atoms with Gasteiger partial charge in [0.2, 0.25) is 0 Å². The molecule has 0 radical (unpaired) electrons. The first kappa shape index (κ1) is 13.9. The lowest BCUT2D eigenvalue weighted by Gasteiger charge is -2.35. The maximum atomic E-state index is 12.3. The molecule has 0 spiro atoms. The summed E-state index contributed by atoms with van der Waals surface area (Å²) in [6.07, 6.45) is 2.11. The standard InChI is InChI=1S/C13H17F2NO3/c1-17-10-5-9(6-10)16-8-3-4-11(18-2)12(7-8)19-13(14)15/h3-4,7,9-10,13,16H,5-6H2,1-2H3. The molecule has 2 rings (SSSR count). The Bertz CT molecular complexity index is 422. The van der Waals surface area contributed by atoms with Crippen LogP contribution in [0.2, 0.25) is 0 Å². The van der Waals surface area contributed by atoms with Crippen LogP contribution in [0.5, 0.6) is 11.5 Å². The fourth-order valence-electron chi connectivity index (χ4n) is 2.07. The van der Waals surface area contributed by atoms with E-state index in [1.165, 1.54) is 13.2 Å². The van der Waals surface area contributed by atoms with Crippen molar-refractivity contribution in [1.29, 1.82) is 0 Å². The van der Waals surface area contributed by atoms with Gasteiger partial charge in [0.1, 0.15) is 0 Å². The smallest absolute Gasteiger partial charge is 0.387 e. The second kappa shape index (κ2) is 6.06. The van der Waals surface area contributed by atoms with E-state index in [1.807, 2.05) is 0 Å². The van der Waals surface area contributed by atoms with E-state index >= 15 is 0 Å². The summed E-state index contributed by atoms with van der Waals surface area (Å²) in [5, 5.41) is 3.25. The van der Waals surface area contributed by atoms with Gasteiger partial charge in [0.15, 0.2) is 11.5 Å². The second-order valence-corrected chi connectivity index (χ2v) is 4.41. The summed E-state index contributed by atoms with van der Waals surface area (Å²) in [4.78, 5) is 0. The zero-order chi connectivity index (χ0) is 13.8. The number of hydrogen-bond acceptors (Lipinski definition) is 4. The van der Waals surface area contributed by atoms with Crippen LogP contribution in [0.3, 0.4) is 0 Å². The average Bonchev–Trinajstić information content (AvgIpc) is 2.32. The zero-order valence-corrected chi connectivity index (χ0v) is 10.9. The van der Waals surface area contributed by atoms with Crippen LogP contribution < -0.4 is 14.8 Å². The molecule has 1 aromatic carbocycles. The zero-order valence-electron chi connectivity index (χ0n) is 10.9. The Morgan fingerprint density at radius 1 is 1.21 bits per heavy atom. The number of alkyl halides is 2. The summed E-state index contributed by atoms with van der Waals surface area (Å²) in [6, 6.07) is 5.20. The first-order valence-corrected chi connectivity index (χ1v) is 6.04. The van der Waals surface area contributed by atoms with E-state index < -0.39 is 6.61 Å². The third-order valence-electron chi connectivity index (χ3n) is 3.18. The Labute approximate surface area is 110 Å². The predicted molar refractivity (Wildman–Crippen MR) is 67.1 cm³/mol. The largest absolute Gasteiger partial charge is 0.493 e. The van der Waals surface area contributed by atoms with Crippen LogP contribution in [0, 0.1) is 0 Å². The quantitative estimate of drug-likeness (QED) is 0.865. The van der Waals surface area contributed by atoms with Crippen LogP contribution in [0.15, 0.2) is 18.2 Å². The van der Waals surface area contributed by atoms with Crippen LogP contribution >= 0.6 is 0 Å². The fourth-order valence-corrected chi connectivity index (χ4v) is 2.07. The maximum absolute atomic E-state index is 12.3. The summed E-state index contributed by atoms with van der Waals surface area (Å²) in [5.41, 5.74) is 0.732. The van der Waals surface area contributed by atoms with E-state index in [0.717, 1.165) is 18.5 Å². The SMILES string of the molecule is COc1ccc(NC2CC(OC)C2)cc1OC(F)F. The Morgan fingerprint density at radius 2 is 1.95 bits per heavy atom. The van der Waals surface area contributed by atoms with Crippen molar-refractivity contribution in [2.75, 3.05) is 19.5 Å². The molecule has 1 saturated carbocycles. The van der Waals surface area contributed by atoms with Crippen LogP contribution in [0.4, 0.5) is 14.5 Å². The van der Waals surface area contributed by atoms with E-state index in [9.17, 15) is 8.78 Å². The summed E-state index contributed by atoms with van der Waals surface area (Å²) < 4.78 is 39.2. The van der Waals surface area contributed by atoms with Crippen molar-refractivity contribution >= 4 is 5.69 Å². The number of methoxy groups -OCH3 is 2. The van der Waals surface area contributed by atoms with Crippen molar-refractivity contribution in [2.45, 2.75) is 31.6 Å². The van der Waals surface area contributed by atoms with E-state index in [2.05, 4.69) is 10.1 Å². The van der Waals surface area contributed by atoms with Crippen molar-refractivity contribution in [1.82, 2.24) is 0 Å². The Hall–Kier alpha value is -1.56. The van der Waals surface area contributed by atoms with Crippen LogP contribution in [0.25, 0.3) is 0 Å². The summed E-state index contributed by atoms with van der Waals surface area (Å²) in [7, 11) is 3.10. The number of ether oxygens (including phenoxy) is 3. The fraction of sp³-hybridized carbons (Fsp3) is 0.538. The normalized spacial score (nSPS) is 21.9. The van der Waals surface area contributed by atoms with Crippen molar-refractivity contribution in [3.8, 4) is 11.5 Å². The molecule has 0 saturated heterocycles. The number of anilines is 1. The minimum absolute atomic E-state index is 0.0325. The number of halogens is 2. The summed E-state index contributed by atoms with van der Waals surface area (Å²) in [5.74, 6) is 0.319. The topological polar surface area (TPSA) is 39.7 Å². The molecular formula is C13H17F2NO3. The highest BCUT2D eigenvalue weighted by atomic mass is 19.3.